The quantitative estimate of drug-likeness (QED) is 0.528. The van der Waals surface area contributed by atoms with Gasteiger partial charge in [-0.05, 0) is 25.2 Å². The first-order valence-corrected chi connectivity index (χ1v) is 9.33. The van der Waals surface area contributed by atoms with Gasteiger partial charge in [0.1, 0.15) is 38.4 Å². The number of quaternary nitrogens is 1. The first-order chi connectivity index (χ1) is 12.6. The highest BCUT2D eigenvalue weighted by molar-refractivity contribution is 7.71. The molecule has 9 heteroatoms. The van der Waals surface area contributed by atoms with Crippen LogP contribution in [0, 0.1) is 4.77 Å². The molecule has 1 fully saturated rings. The highest BCUT2D eigenvalue weighted by Gasteiger charge is 2.26. The van der Waals surface area contributed by atoms with E-state index in [4.69, 9.17) is 17.0 Å². The van der Waals surface area contributed by atoms with Crippen LogP contribution in [0.3, 0.4) is 0 Å². The van der Waals surface area contributed by atoms with Crippen LogP contribution in [0.5, 0.6) is 0 Å². The van der Waals surface area contributed by atoms with Gasteiger partial charge in [-0.25, -0.2) is 4.98 Å². The number of rotatable bonds is 6. The van der Waals surface area contributed by atoms with Gasteiger partial charge < -0.3 is 14.2 Å². The number of carbonyl (C=O) groups excluding carboxylic acids is 1. The molecule has 0 atom stereocenters. The maximum absolute atomic E-state index is 11.7. The Morgan fingerprint density at radius 3 is 2.81 bits per heavy atom. The van der Waals surface area contributed by atoms with Crippen LogP contribution in [0.15, 0.2) is 24.4 Å². The second-order valence-electron chi connectivity index (χ2n) is 6.38. The van der Waals surface area contributed by atoms with Crippen molar-refractivity contribution in [1.82, 2.24) is 14.3 Å². The Kier molecular flexibility index (Phi) is 6.00. The van der Waals surface area contributed by atoms with E-state index in [-0.39, 0.29) is 12.4 Å². The number of aromatic nitrogens is 4. The van der Waals surface area contributed by atoms with Crippen LogP contribution in [0.1, 0.15) is 12.7 Å². The molecular weight excluding hydrogens is 352 g/mol. The lowest BCUT2D eigenvalue weighted by Crippen LogP contribution is -3.14. The Balaban J connectivity index is 1.60. The van der Waals surface area contributed by atoms with Gasteiger partial charge in [-0.3, -0.25) is 9.69 Å². The van der Waals surface area contributed by atoms with Crippen LogP contribution in [0.4, 0.5) is 5.82 Å². The number of esters is 1. The molecule has 0 amide bonds. The van der Waals surface area contributed by atoms with Crippen LogP contribution in [0.2, 0.25) is 0 Å². The summed E-state index contributed by atoms with van der Waals surface area (Å²) in [5.74, 6) is 1.52. The summed E-state index contributed by atoms with van der Waals surface area (Å²) in [5, 5.41) is 4.54. The van der Waals surface area contributed by atoms with E-state index in [0.717, 1.165) is 32.0 Å². The lowest BCUT2D eigenvalue weighted by molar-refractivity contribution is -0.924. The predicted octanol–water partition coefficient (Wildman–Crippen LogP) is -0.767. The molecule has 1 aliphatic heterocycles. The topological polar surface area (TPSA) is 70.9 Å². The summed E-state index contributed by atoms with van der Waals surface area (Å²) in [6, 6.07) is 6.13. The average molecular weight is 379 g/mol. The molecule has 1 aliphatic rings. The molecule has 140 valence electrons. The number of hydrogen-bond acceptors (Lipinski definition) is 5. The lowest BCUT2D eigenvalue weighted by atomic mass is 10.3. The van der Waals surface area contributed by atoms with Crippen molar-refractivity contribution >= 4 is 24.0 Å². The molecule has 2 aromatic rings. The maximum atomic E-state index is 11.7. The monoisotopic (exact) mass is 378 g/mol. The minimum atomic E-state index is -0.275. The van der Waals surface area contributed by atoms with Gasteiger partial charge in [-0.1, -0.05) is 6.07 Å². The molecule has 0 spiro atoms. The van der Waals surface area contributed by atoms with Gasteiger partial charge in [0.25, 0.3) is 5.82 Å². The van der Waals surface area contributed by atoms with Crippen molar-refractivity contribution in [1.29, 1.82) is 0 Å². The molecule has 1 saturated heterocycles. The number of carbonyl (C=O) groups is 1. The summed E-state index contributed by atoms with van der Waals surface area (Å²) in [7, 11) is 1.85. The first kappa shape index (κ1) is 18.5. The van der Waals surface area contributed by atoms with Crippen molar-refractivity contribution in [3.05, 3.63) is 35.0 Å². The minimum absolute atomic E-state index is 0.147. The van der Waals surface area contributed by atoms with E-state index >= 15 is 0 Å². The van der Waals surface area contributed by atoms with E-state index in [9.17, 15) is 4.79 Å². The third-order valence-electron chi connectivity index (χ3n) is 4.62. The molecule has 0 bridgehead atoms. The second kappa shape index (κ2) is 8.41. The zero-order chi connectivity index (χ0) is 18.5. The van der Waals surface area contributed by atoms with Crippen molar-refractivity contribution < 1.29 is 19.4 Å². The SMILES string of the molecule is CCOC(=O)Cc1nn(C[NH+]2CCN(c3cccc[nH+]3)CC2)c(=S)n1C. The van der Waals surface area contributed by atoms with Crippen LogP contribution < -0.4 is 14.8 Å². The van der Waals surface area contributed by atoms with E-state index in [1.54, 1.807) is 11.5 Å². The number of hydrogen-bond donors (Lipinski definition) is 1. The fourth-order valence-corrected chi connectivity index (χ4v) is 3.36. The van der Waals surface area contributed by atoms with Crippen LogP contribution in [-0.2, 0) is 29.7 Å². The number of anilines is 1. The predicted molar refractivity (Wildman–Crippen MR) is 98.3 cm³/mol. The van der Waals surface area contributed by atoms with Gasteiger partial charge in [0, 0.05) is 13.1 Å². The van der Waals surface area contributed by atoms with Gasteiger partial charge in [0.2, 0.25) is 4.77 Å². The zero-order valence-corrected chi connectivity index (χ0v) is 16.1. The maximum Gasteiger partial charge on any atom is 0.313 e. The number of nitrogens with one attached hydrogen (secondary N) is 2. The van der Waals surface area contributed by atoms with Crippen LogP contribution in [-0.4, -0.2) is 53.1 Å². The standard InChI is InChI=1S/C17H24N6O2S/c1-3-25-16(24)12-15-19-23(17(26)20(15)2)13-21-8-10-22(11-9-21)14-6-4-5-7-18-14/h4-7H,3,8-13H2,1-2H3/p+2. The van der Waals surface area contributed by atoms with Crippen molar-refractivity contribution in [2.45, 2.75) is 20.0 Å². The Morgan fingerprint density at radius 2 is 2.15 bits per heavy atom. The lowest BCUT2D eigenvalue weighted by Gasteiger charge is -2.27. The summed E-state index contributed by atoms with van der Waals surface area (Å²) < 4.78 is 9.25. The summed E-state index contributed by atoms with van der Waals surface area (Å²) >= 11 is 5.48. The van der Waals surface area contributed by atoms with E-state index in [1.807, 2.05) is 30.1 Å². The van der Waals surface area contributed by atoms with Crippen LogP contribution >= 0.6 is 12.2 Å². The van der Waals surface area contributed by atoms with Gasteiger partial charge in [0.05, 0.1) is 12.8 Å². The summed E-state index contributed by atoms with van der Waals surface area (Å²) in [6.07, 6.45) is 2.10. The number of nitrogens with zero attached hydrogens (tertiary/aromatic N) is 4. The Labute approximate surface area is 158 Å². The van der Waals surface area contributed by atoms with Crippen LogP contribution in [0.25, 0.3) is 0 Å². The molecule has 2 N–H and O–H groups in total. The number of H-pyrrole nitrogens is 1. The molecule has 2 aromatic heterocycles. The Morgan fingerprint density at radius 1 is 1.38 bits per heavy atom. The second-order valence-corrected chi connectivity index (χ2v) is 6.75. The molecular formula is C17H26N6O2S+2. The molecule has 8 nitrogen and oxygen atoms in total. The summed E-state index contributed by atoms with van der Waals surface area (Å²) in [6.45, 7) is 6.85. The fourth-order valence-electron chi connectivity index (χ4n) is 3.15. The van der Waals surface area contributed by atoms with Gasteiger partial charge in [-0.2, -0.15) is 9.78 Å². The minimum Gasteiger partial charge on any atom is -0.466 e. The number of aromatic amines is 1. The largest absolute Gasteiger partial charge is 0.466 e. The van der Waals surface area contributed by atoms with E-state index < -0.39 is 0 Å². The highest BCUT2D eigenvalue weighted by atomic mass is 32.1. The molecule has 0 aliphatic carbocycles. The zero-order valence-electron chi connectivity index (χ0n) is 15.3. The molecule has 0 unspecified atom stereocenters. The van der Waals surface area contributed by atoms with E-state index in [1.165, 1.54) is 4.90 Å². The molecule has 3 rings (SSSR count). The molecule has 0 radical (unpaired) electrons. The number of ether oxygens (including phenoxy) is 1. The smallest absolute Gasteiger partial charge is 0.313 e. The molecule has 0 saturated carbocycles. The van der Waals surface area contributed by atoms with Gasteiger partial charge in [-0.15, -0.1) is 0 Å². The van der Waals surface area contributed by atoms with E-state index in [0.29, 0.717) is 23.9 Å². The van der Waals surface area contributed by atoms with E-state index in [2.05, 4.69) is 21.0 Å². The van der Waals surface area contributed by atoms with Gasteiger partial charge in [0.15, 0.2) is 6.67 Å². The number of pyridine rings is 1. The first-order valence-electron chi connectivity index (χ1n) is 8.92. The highest BCUT2D eigenvalue weighted by Crippen LogP contribution is 2.05. The molecule has 3 heterocycles. The fraction of sp³-hybridized carbons (Fsp3) is 0.529. The van der Waals surface area contributed by atoms with Crippen molar-refractivity contribution in [3.63, 3.8) is 0 Å². The molecule has 26 heavy (non-hydrogen) atoms. The Hall–Kier alpha value is -2.26. The van der Waals surface area contributed by atoms with Crippen molar-refractivity contribution in [2.24, 2.45) is 7.05 Å². The molecule has 0 aromatic carbocycles. The number of piperazine rings is 1. The van der Waals surface area contributed by atoms with Gasteiger partial charge >= 0.3 is 5.97 Å². The third-order valence-corrected chi connectivity index (χ3v) is 5.10. The normalized spacial score (nSPS) is 15.2. The average Bonchev–Trinajstić information content (AvgIpc) is 2.91. The van der Waals surface area contributed by atoms with Crippen molar-refractivity contribution in [3.8, 4) is 0 Å². The Bertz CT molecular complexity index is 795. The summed E-state index contributed by atoms with van der Waals surface area (Å²) in [5.41, 5.74) is 0. The van der Waals surface area contributed by atoms with Crippen molar-refractivity contribution in [2.75, 3.05) is 37.7 Å². The summed E-state index contributed by atoms with van der Waals surface area (Å²) in [4.78, 5) is 18.8. The third kappa shape index (κ3) is 4.28.